The van der Waals surface area contributed by atoms with E-state index in [1.807, 2.05) is 27.7 Å². The molecule has 36 heavy (non-hydrogen) atoms. The number of rotatable bonds is 11. The van der Waals surface area contributed by atoms with E-state index in [2.05, 4.69) is 42.3 Å². The van der Waals surface area contributed by atoms with Crippen molar-refractivity contribution in [2.45, 2.75) is 86.6 Å². The van der Waals surface area contributed by atoms with Crippen molar-refractivity contribution in [2.75, 3.05) is 13.1 Å². The lowest BCUT2D eigenvalue weighted by Gasteiger charge is -2.21. The first-order chi connectivity index (χ1) is 17.2. The van der Waals surface area contributed by atoms with Crippen molar-refractivity contribution in [1.82, 2.24) is 10.2 Å². The molecule has 0 unspecified atom stereocenters. The van der Waals surface area contributed by atoms with Crippen LogP contribution in [0.15, 0.2) is 69.5 Å². The molecular weight excluding hydrogens is 459 g/mol. The van der Waals surface area contributed by atoms with Crippen LogP contribution in [-0.4, -0.2) is 23.8 Å². The topological polar surface area (TPSA) is 27.6 Å². The molecule has 0 bridgehead atoms. The van der Waals surface area contributed by atoms with Crippen molar-refractivity contribution in [3.8, 4) is 0 Å². The molecule has 1 aromatic rings. The average molecular weight is 502 g/mol. The molecular formula is C30H42F3N3. The number of hydrogen-bond donors (Lipinski definition) is 1. The number of unbranched alkanes of at least 4 members (excludes halogenated alkanes) is 1. The lowest BCUT2D eigenvalue weighted by atomic mass is 10.1. The molecule has 0 amide bonds. The summed E-state index contributed by atoms with van der Waals surface area (Å²) in [6.45, 7) is 14.4. The molecule has 1 aromatic carbocycles. The van der Waals surface area contributed by atoms with E-state index in [1.54, 1.807) is 0 Å². The first-order valence-corrected chi connectivity index (χ1v) is 13.0. The van der Waals surface area contributed by atoms with Crippen molar-refractivity contribution < 1.29 is 13.2 Å². The number of nitrogens with one attached hydrogen (secondary N) is 1. The number of likely N-dealkylation sites (tertiary alicyclic amines) is 1. The zero-order valence-electron chi connectivity index (χ0n) is 22.7. The lowest BCUT2D eigenvalue weighted by molar-refractivity contribution is 0.146. The third-order valence-electron chi connectivity index (χ3n) is 6.52. The maximum atomic E-state index is 14.8. The Morgan fingerprint density at radius 3 is 2.39 bits per heavy atom. The van der Waals surface area contributed by atoms with E-state index in [-0.39, 0.29) is 12.1 Å². The normalized spacial score (nSPS) is 15.7. The van der Waals surface area contributed by atoms with Gasteiger partial charge in [-0.1, -0.05) is 55.7 Å². The Hall–Kier alpha value is -2.76. The molecule has 1 aliphatic rings. The second kappa shape index (κ2) is 14.7. The fourth-order valence-corrected chi connectivity index (χ4v) is 3.99. The van der Waals surface area contributed by atoms with Crippen molar-refractivity contribution in [1.29, 1.82) is 0 Å². The largest absolute Gasteiger partial charge is 0.372 e. The van der Waals surface area contributed by atoms with Crippen LogP contribution >= 0.6 is 0 Å². The van der Waals surface area contributed by atoms with E-state index in [9.17, 15) is 13.2 Å². The number of amidine groups is 1. The summed E-state index contributed by atoms with van der Waals surface area (Å²) in [4.78, 5) is 7.30. The molecule has 0 spiro atoms. The smallest absolute Gasteiger partial charge is 0.266 e. The summed E-state index contributed by atoms with van der Waals surface area (Å²) in [6, 6.07) is 4.13. The van der Waals surface area contributed by atoms with Gasteiger partial charge in [0.2, 0.25) is 0 Å². The lowest BCUT2D eigenvalue weighted by Crippen LogP contribution is -2.27. The van der Waals surface area contributed by atoms with Crippen LogP contribution in [0.1, 0.15) is 91.2 Å². The SMILES string of the molecule is CCC/C=C/C(=C\C(=C(C)C)/C(=N\C(C)=C(\C)CC)NCc1cccc(C(F)F)c1F)N1CCCC1. The molecule has 0 atom stereocenters. The zero-order chi connectivity index (χ0) is 26.7. The van der Waals surface area contributed by atoms with Crippen molar-refractivity contribution in [3.63, 3.8) is 0 Å². The highest BCUT2D eigenvalue weighted by Gasteiger charge is 2.18. The Morgan fingerprint density at radius 2 is 1.81 bits per heavy atom. The highest BCUT2D eigenvalue weighted by atomic mass is 19.3. The van der Waals surface area contributed by atoms with Gasteiger partial charge in [0.25, 0.3) is 6.43 Å². The zero-order valence-corrected chi connectivity index (χ0v) is 22.7. The molecule has 1 saturated heterocycles. The van der Waals surface area contributed by atoms with Gasteiger partial charge >= 0.3 is 0 Å². The standard InChI is InChI=1S/C30H42F3N3/c1-7-9-10-15-25(36-17-11-12-18-36)19-27(21(3)4)30(35-23(6)22(5)8-2)34-20-24-14-13-16-26(28(24)31)29(32)33/h10,13-16,19,29H,7-9,11-12,17-18,20H2,1-6H3,(H,34,35)/b15-10+,23-22-,25-19+. The molecule has 6 heteroatoms. The maximum Gasteiger partial charge on any atom is 0.266 e. The van der Waals surface area contributed by atoms with E-state index in [0.717, 1.165) is 66.5 Å². The molecule has 0 aliphatic carbocycles. The van der Waals surface area contributed by atoms with Crippen LogP contribution < -0.4 is 5.32 Å². The van der Waals surface area contributed by atoms with Gasteiger partial charge in [-0.15, -0.1) is 0 Å². The predicted molar refractivity (Wildman–Crippen MR) is 146 cm³/mol. The van der Waals surface area contributed by atoms with Gasteiger partial charge in [-0.05, 0) is 65.5 Å². The monoisotopic (exact) mass is 501 g/mol. The van der Waals surface area contributed by atoms with Crippen LogP contribution in [-0.2, 0) is 6.54 Å². The van der Waals surface area contributed by atoms with Gasteiger partial charge in [0.05, 0.1) is 5.56 Å². The maximum absolute atomic E-state index is 14.8. The third-order valence-corrected chi connectivity index (χ3v) is 6.52. The molecule has 0 aromatic heterocycles. The molecule has 1 fully saturated rings. The summed E-state index contributed by atoms with van der Waals surface area (Å²) in [5, 5.41) is 3.28. The summed E-state index contributed by atoms with van der Waals surface area (Å²) in [6.07, 6.45) is 8.97. The van der Waals surface area contributed by atoms with Crippen LogP contribution in [0.2, 0.25) is 0 Å². The number of nitrogens with zero attached hydrogens (tertiary/aromatic N) is 2. The van der Waals surface area contributed by atoms with Gasteiger partial charge in [0, 0.05) is 42.2 Å². The number of hydrogen-bond acceptors (Lipinski definition) is 2. The van der Waals surface area contributed by atoms with E-state index < -0.39 is 17.8 Å². The van der Waals surface area contributed by atoms with Crippen molar-refractivity contribution in [2.24, 2.45) is 4.99 Å². The Balaban J connectivity index is 2.54. The van der Waals surface area contributed by atoms with Crippen LogP contribution in [0.25, 0.3) is 0 Å². The van der Waals surface area contributed by atoms with E-state index in [4.69, 9.17) is 4.99 Å². The second-order valence-electron chi connectivity index (χ2n) is 9.52. The quantitative estimate of drug-likeness (QED) is 0.187. The minimum atomic E-state index is -2.86. The fourth-order valence-electron chi connectivity index (χ4n) is 3.99. The Bertz CT molecular complexity index is 1020. The highest BCUT2D eigenvalue weighted by molar-refractivity contribution is 6.02. The summed E-state index contributed by atoms with van der Waals surface area (Å²) >= 11 is 0. The molecule has 198 valence electrons. The highest BCUT2D eigenvalue weighted by Crippen LogP contribution is 2.25. The Kier molecular flexibility index (Phi) is 12.0. The molecule has 3 nitrogen and oxygen atoms in total. The summed E-state index contributed by atoms with van der Waals surface area (Å²) in [7, 11) is 0. The van der Waals surface area contributed by atoms with Gasteiger partial charge in [-0.2, -0.15) is 0 Å². The summed E-state index contributed by atoms with van der Waals surface area (Å²) in [5.41, 5.74) is 4.77. The number of allylic oxidation sites excluding steroid dienone is 5. The summed E-state index contributed by atoms with van der Waals surface area (Å²) in [5.74, 6) is -0.256. The van der Waals surface area contributed by atoms with Gasteiger partial charge < -0.3 is 10.2 Å². The van der Waals surface area contributed by atoms with Crippen molar-refractivity contribution in [3.05, 3.63) is 81.5 Å². The molecule has 2 rings (SSSR count). The van der Waals surface area contributed by atoms with Gasteiger partial charge in [-0.3, -0.25) is 0 Å². The van der Waals surface area contributed by atoms with Crippen molar-refractivity contribution >= 4 is 5.84 Å². The number of benzene rings is 1. The second-order valence-corrected chi connectivity index (χ2v) is 9.52. The van der Waals surface area contributed by atoms with E-state index in [1.165, 1.54) is 25.0 Å². The Labute approximate surface area is 215 Å². The molecule has 1 aliphatic heterocycles. The van der Waals surface area contributed by atoms with Crippen LogP contribution in [0.5, 0.6) is 0 Å². The van der Waals surface area contributed by atoms with Crippen LogP contribution in [0.4, 0.5) is 13.2 Å². The minimum Gasteiger partial charge on any atom is -0.372 e. The predicted octanol–water partition coefficient (Wildman–Crippen LogP) is 8.63. The third kappa shape index (κ3) is 8.42. The van der Waals surface area contributed by atoms with E-state index in [0.29, 0.717) is 5.84 Å². The molecule has 1 heterocycles. The molecule has 1 N–H and O–H groups in total. The fraction of sp³-hybridized carbons (Fsp3) is 0.500. The number of aliphatic imine (C=N–C) groups is 1. The Morgan fingerprint density at radius 1 is 1.11 bits per heavy atom. The van der Waals surface area contributed by atoms with E-state index >= 15 is 0 Å². The molecule has 0 radical (unpaired) electrons. The van der Waals surface area contributed by atoms with Crippen LogP contribution in [0, 0.1) is 5.82 Å². The molecule has 0 saturated carbocycles. The van der Waals surface area contributed by atoms with Gasteiger partial charge in [0.1, 0.15) is 11.7 Å². The average Bonchev–Trinajstić information content (AvgIpc) is 3.38. The minimum absolute atomic E-state index is 0.0546. The van der Waals surface area contributed by atoms with Gasteiger partial charge in [0.15, 0.2) is 0 Å². The number of halogens is 3. The number of alkyl halides is 2. The first kappa shape index (κ1) is 29.5. The first-order valence-electron chi connectivity index (χ1n) is 13.0. The van der Waals surface area contributed by atoms with Gasteiger partial charge in [-0.25, -0.2) is 18.2 Å². The summed E-state index contributed by atoms with van der Waals surface area (Å²) < 4.78 is 41.2. The van der Waals surface area contributed by atoms with Crippen LogP contribution in [0.3, 0.4) is 0 Å².